The van der Waals surface area contributed by atoms with Gasteiger partial charge in [0.2, 0.25) is 0 Å². The van der Waals surface area contributed by atoms with E-state index in [1.54, 1.807) is 11.8 Å². The summed E-state index contributed by atoms with van der Waals surface area (Å²) in [5.41, 5.74) is 5.64. The van der Waals surface area contributed by atoms with Crippen molar-refractivity contribution in [2.24, 2.45) is 0 Å². The van der Waals surface area contributed by atoms with Crippen LogP contribution in [0.4, 0.5) is 0 Å². The van der Waals surface area contributed by atoms with E-state index in [2.05, 4.69) is 60.8 Å². The summed E-state index contributed by atoms with van der Waals surface area (Å²) in [6.45, 7) is 4.23. The zero-order chi connectivity index (χ0) is 15.8. The minimum absolute atomic E-state index is 0.825. The third-order valence-corrected chi connectivity index (χ3v) is 4.94. The number of aryl methyl sites for hydroxylation is 2. The Bertz CT molecular complexity index is 1000. The van der Waals surface area contributed by atoms with Crippen molar-refractivity contribution in [3.05, 3.63) is 71.7 Å². The van der Waals surface area contributed by atoms with Gasteiger partial charge in [0, 0.05) is 23.5 Å². The van der Waals surface area contributed by atoms with E-state index in [4.69, 9.17) is 9.97 Å². The number of rotatable bonds is 3. The summed E-state index contributed by atoms with van der Waals surface area (Å²) in [4.78, 5) is 9.48. The molecule has 0 aliphatic carbocycles. The lowest BCUT2D eigenvalue weighted by atomic mass is 10.1. The number of hydrogen-bond donors (Lipinski definition) is 0. The Hall–Kier alpha value is -2.33. The average Bonchev–Trinajstić information content (AvgIpc) is 2.98. The molecule has 23 heavy (non-hydrogen) atoms. The molecule has 0 aliphatic rings. The molecular weight excluding hydrogens is 302 g/mol. The molecule has 114 valence electrons. The van der Waals surface area contributed by atoms with Gasteiger partial charge in [-0.3, -0.25) is 0 Å². The molecule has 0 bridgehead atoms. The monoisotopic (exact) mass is 319 g/mol. The highest BCUT2D eigenvalue weighted by atomic mass is 32.2. The van der Waals surface area contributed by atoms with Gasteiger partial charge in [-0.05, 0) is 43.2 Å². The van der Waals surface area contributed by atoms with E-state index in [1.165, 1.54) is 16.5 Å². The van der Waals surface area contributed by atoms with Crippen LogP contribution in [0.1, 0.15) is 16.8 Å². The van der Waals surface area contributed by atoms with E-state index < -0.39 is 0 Å². The van der Waals surface area contributed by atoms with Gasteiger partial charge in [-0.2, -0.15) is 0 Å². The van der Waals surface area contributed by atoms with Crippen LogP contribution in [0.2, 0.25) is 0 Å². The third-order valence-electron chi connectivity index (χ3n) is 4.00. The van der Waals surface area contributed by atoms with Crippen molar-refractivity contribution in [1.29, 1.82) is 0 Å². The summed E-state index contributed by atoms with van der Waals surface area (Å²) in [7, 11) is 0. The van der Waals surface area contributed by atoms with Crippen molar-refractivity contribution in [1.82, 2.24) is 14.4 Å². The molecule has 0 saturated heterocycles. The second-order valence-corrected chi connectivity index (χ2v) is 6.73. The summed E-state index contributed by atoms with van der Waals surface area (Å²) in [5, 5.41) is 2.27. The first-order chi connectivity index (χ1) is 11.2. The Morgan fingerprint density at radius 2 is 1.87 bits per heavy atom. The van der Waals surface area contributed by atoms with Gasteiger partial charge < -0.3 is 4.40 Å². The molecular formula is C19H17N3S. The molecule has 4 heteroatoms. The average molecular weight is 319 g/mol. The van der Waals surface area contributed by atoms with Crippen LogP contribution in [0.15, 0.2) is 59.9 Å². The lowest BCUT2D eigenvalue weighted by molar-refractivity contribution is 1.15. The predicted octanol–water partition coefficient (Wildman–Crippen LogP) is 4.79. The van der Waals surface area contributed by atoms with Gasteiger partial charge in [-0.1, -0.05) is 36.0 Å². The molecule has 3 aromatic heterocycles. The number of aromatic nitrogens is 3. The SMILES string of the molecule is Cc1cc(SCc2cn3cccc(C)c3n2)nc2ccccc12. The molecule has 4 aromatic rings. The summed E-state index contributed by atoms with van der Waals surface area (Å²) in [6, 6.07) is 14.6. The van der Waals surface area contributed by atoms with Crippen LogP contribution in [0.5, 0.6) is 0 Å². The van der Waals surface area contributed by atoms with E-state index >= 15 is 0 Å². The number of imidazole rings is 1. The molecule has 3 heterocycles. The molecule has 0 N–H and O–H groups in total. The van der Waals surface area contributed by atoms with Crippen LogP contribution >= 0.6 is 11.8 Å². The lowest BCUT2D eigenvalue weighted by Gasteiger charge is -2.05. The van der Waals surface area contributed by atoms with Gasteiger partial charge in [0.15, 0.2) is 0 Å². The van der Waals surface area contributed by atoms with Crippen molar-refractivity contribution in [3.8, 4) is 0 Å². The normalized spacial score (nSPS) is 11.4. The molecule has 1 aromatic carbocycles. The van der Waals surface area contributed by atoms with Crippen molar-refractivity contribution >= 4 is 28.3 Å². The summed E-state index contributed by atoms with van der Waals surface area (Å²) >= 11 is 1.74. The lowest BCUT2D eigenvalue weighted by Crippen LogP contribution is -1.88. The van der Waals surface area contributed by atoms with E-state index in [1.807, 2.05) is 12.3 Å². The fourth-order valence-electron chi connectivity index (χ4n) is 2.81. The predicted molar refractivity (Wildman–Crippen MR) is 96.0 cm³/mol. The van der Waals surface area contributed by atoms with Crippen molar-refractivity contribution in [2.45, 2.75) is 24.6 Å². The minimum atomic E-state index is 0.825. The highest BCUT2D eigenvalue weighted by molar-refractivity contribution is 7.98. The topological polar surface area (TPSA) is 30.2 Å². The van der Waals surface area contributed by atoms with Gasteiger partial charge in [-0.15, -0.1) is 0 Å². The third kappa shape index (κ3) is 2.70. The second kappa shape index (κ2) is 5.70. The van der Waals surface area contributed by atoms with Gasteiger partial charge in [0.25, 0.3) is 0 Å². The number of benzene rings is 1. The first-order valence-corrected chi connectivity index (χ1v) is 8.62. The maximum Gasteiger partial charge on any atom is 0.139 e. The first-order valence-electron chi connectivity index (χ1n) is 7.63. The molecule has 0 aliphatic heterocycles. The van der Waals surface area contributed by atoms with Gasteiger partial charge in [0.1, 0.15) is 5.65 Å². The summed E-state index contributed by atoms with van der Waals surface area (Å²) in [6.07, 6.45) is 4.14. The fourth-order valence-corrected chi connectivity index (χ4v) is 3.67. The highest BCUT2D eigenvalue weighted by Gasteiger charge is 2.07. The van der Waals surface area contributed by atoms with Crippen LogP contribution in [0.25, 0.3) is 16.6 Å². The van der Waals surface area contributed by atoms with Gasteiger partial charge in [0.05, 0.1) is 16.2 Å². The summed E-state index contributed by atoms with van der Waals surface area (Å²) in [5.74, 6) is 0.825. The second-order valence-electron chi connectivity index (χ2n) is 5.74. The Morgan fingerprint density at radius 3 is 2.74 bits per heavy atom. The molecule has 3 nitrogen and oxygen atoms in total. The molecule has 0 amide bonds. The van der Waals surface area contributed by atoms with E-state index in [9.17, 15) is 0 Å². The molecule has 0 spiro atoms. The maximum atomic E-state index is 4.75. The molecule has 0 atom stereocenters. The van der Waals surface area contributed by atoms with Crippen LogP contribution in [0, 0.1) is 13.8 Å². The van der Waals surface area contributed by atoms with Crippen LogP contribution in [-0.4, -0.2) is 14.4 Å². The number of fused-ring (bicyclic) bond motifs is 2. The van der Waals surface area contributed by atoms with Crippen molar-refractivity contribution < 1.29 is 0 Å². The molecule has 0 unspecified atom stereocenters. The zero-order valence-corrected chi connectivity index (χ0v) is 14.0. The zero-order valence-electron chi connectivity index (χ0n) is 13.2. The molecule has 0 fully saturated rings. The number of pyridine rings is 2. The fraction of sp³-hybridized carbons (Fsp3) is 0.158. The van der Waals surface area contributed by atoms with Crippen LogP contribution in [0.3, 0.4) is 0 Å². The van der Waals surface area contributed by atoms with E-state index in [0.717, 1.165) is 27.6 Å². The minimum Gasteiger partial charge on any atom is -0.307 e. The Balaban J connectivity index is 1.61. The number of thioether (sulfide) groups is 1. The van der Waals surface area contributed by atoms with E-state index in [0.29, 0.717) is 0 Å². The quantitative estimate of drug-likeness (QED) is 0.509. The Labute approximate surface area is 139 Å². The van der Waals surface area contributed by atoms with Gasteiger partial charge in [-0.25, -0.2) is 9.97 Å². The Kier molecular flexibility index (Phi) is 3.54. The number of nitrogens with zero attached hydrogens (tertiary/aromatic N) is 3. The molecule has 0 radical (unpaired) electrons. The maximum absolute atomic E-state index is 4.75. The summed E-state index contributed by atoms with van der Waals surface area (Å²) < 4.78 is 2.09. The van der Waals surface area contributed by atoms with Crippen LogP contribution in [-0.2, 0) is 5.75 Å². The Morgan fingerprint density at radius 1 is 1.00 bits per heavy atom. The standard InChI is InChI=1S/C19H17N3S/c1-13-6-5-9-22-11-15(20-19(13)22)12-23-18-10-14(2)16-7-3-4-8-17(16)21-18/h3-11H,12H2,1-2H3. The van der Waals surface area contributed by atoms with Crippen LogP contribution < -0.4 is 0 Å². The smallest absolute Gasteiger partial charge is 0.139 e. The van der Waals surface area contributed by atoms with E-state index in [-0.39, 0.29) is 0 Å². The number of para-hydroxylation sites is 1. The first kappa shape index (κ1) is 14.3. The van der Waals surface area contributed by atoms with Crippen molar-refractivity contribution in [3.63, 3.8) is 0 Å². The molecule has 0 saturated carbocycles. The van der Waals surface area contributed by atoms with Gasteiger partial charge >= 0.3 is 0 Å². The number of hydrogen-bond acceptors (Lipinski definition) is 3. The highest BCUT2D eigenvalue weighted by Crippen LogP contribution is 2.26. The largest absolute Gasteiger partial charge is 0.307 e. The molecule has 4 rings (SSSR count). The van der Waals surface area contributed by atoms with Crippen molar-refractivity contribution in [2.75, 3.05) is 0 Å².